The highest BCUT2D eigenvalue weighted by Gasteiger charge is 2.37. The van der Waals surface area contributed by atoms with Crippen molar-refractivity contribution in [3.8, 4) is 0 Å². The fraction of sp³-hybridized carbons (Fsp3) is 0.690. The summed E-state index contributed by atoms with van der Waals surface area (Å²) < 4.78 is 17.3. The lowest BCUT2D eigenvalue weighted by atomic mass is 9.71. The quantitative estimate of drug-likeness (QED) is 0.598. The van der Waals surface area contributed by atoms with Crippen LogP contribution in [-0.2, 0) is 16.6 Å². The molecule has 1 aromatic carbocycles. The number of imide groups is 1. The van der Waals surface area contributed by atoms with Crippen LogP contribution < -0.4 is 15.5 Å². The van der Waals surface area contributed by atoms with Gasteiger partial charge in [0.1, 0.15) is 5.82 Å². The minimum atomic E-state index is -0.531. The first-order valence-electron chi connectivity index (χ1n) is 14.5. The van der Waals surface area contributed by atoms with Gasteiger partial charge in [-0.1, -0.05) is 6.92 Å². The summed E-state index contributed by atoms with van der Waals surface area (Å²) in [5.74, 6) is -0.287. The van der Waals surface area contributed by atoms with Crippen LogP contribution in [0.3, 0.4) is 0 Å². The molecule has 2 aromatic rings. The average molecular weight is 525 g/mol. The van der Waals surface area contributed by atoms with Gasteiger partial charge in [0.25, 0.3) is 0 Å². The Morgan fingerprint density at radius 2 is 1.84 bits per heavy atom. The van der Waals surface area contributed by atoms with Gasteiger partial charge in [-0.15, -0.1) is 0 Å². The van der Waals surface area contributed by atoms with E-state index in [4.69, 9.17) is 0 Å². The molecular weight excluding hydrogens is 483 g/mol. The summed E-state index contributed by atoms with van der Waals surface area (Å²) in [5, 5.41) is 11.2. The molecule has 206 valence electrons. The van der Waals surface area contributed by atoms with Crippen LogP contribution in [0.1, 0.15) is 63.5 Å². The molecule has 2 N–H and O–H groups in total. The van der Waals surface area contributed by atoms with E-state index >= 15 is 4.39 Å². The molecule has 8 nitrogen and oxygen atoms in total. The van der Waals surface area contributed by atoms with Crippen molar-refractivity contribution in [1.82, 2.24) is 25.3 Å². The fourth-order valence-corrected chi connectivity index (χ4v) is 7.43. The monoisotopic (exact) mass is 524 g/mol. The third kappa shape index (κ3) is 4.83. The minimum Gasteiger partial charge on any atom is -0.369 e. The molecule has 4 aliphatic heterocycles. The minimum absolute atomic E-state index is 0.261. The number of nitrogens with one attached hydrogen (secondary N) is 2. The number of nitrogens with zero attached hydrogens (tertiary/aromatic N) is 4. The van der Waals surface area contributed by atoms with E-state index in [1.807, 2.05) is 13.1 Å². The highest BCUT2D eigenvalue weighted by Crippen LogP contribution is 2.40. The van der Waals surface area contributed by atoms with E-state index in [1.54, 1.807) is 4.68 Å². The molecule has 1 spiro atoms. The lowest BCUT2D eigenvalue weighted by Gasteiger charge is -2.46. The van der Waals surface area contributed by atoms with Gasteiger partial charge < -0.3 is 15.1 Å². The summed E-state index contributed by atoms with van der Waals surface area (Å²) in [5.41, 5.74) is 2.57. The Bertz CT molecular complexity index is 1210. The van der Waals surface area contributed by atoms with E-state index in [0.29, 0.717) is 40.4 Å². The predicted octanol–water partition coefficient (Wildman–Crippen LogP) is 3.16. The largest absolute Gasteiger partial charge is 0.369 e. The Kier molecular flexibility index (Phi) is 6.93. The first-order chi connectivity index (χ1) is 18.3. The van der Waals surface area contributed by atoms with E-state index in [-0.39, 0.29) is 24.1 Å². The van der Waals surface area contributed by atoms with E-state index in [0.717, 1.165) is 31.6 Å². The molecule has 0 radical (unpaired) electrons. The number of carbonyl (C=O) groups is 2. The van der Waals surface area contributed by atoms with Crippen molar-refractivity contribution in [2.24, 2.45) is 24.3 Å². The lowest BCUT2D eigenvalue weighted by molar-refractivity contribution is -0.134. The van der Waals surface area contributed by atoms with Crippen LogP contribution in [0.2, 0.25) is 0 Å². The van der Waals surface area contributed by atoms with Gasteiger partial charge in [0.15, 0.2) is 0 Å². The van der Waals surface area contributed by atoms with Crippen LogP contribution in [0, 0.1) is 23.1 Å². The number of rotatable bonds is 4. The van der Waals surface area contributed by atoms with E-state index in [9.17, 15) is 9.59 Å². The van der Waals surface area contributed by atoms with Crippen molar-refractivity contribution in [3.05, 3.63) is 23.6 Å². The number of benzene rings is 1. The second kappa shape index (κ2) is 10.2. The molecule has 0 aliphatic carbocycles. The Morgan fingerprint density at radius 3 is 2.55 bits per heavy atom. The molecule has 2 amide bonds. The first-order valence-corrected chi connectivity index (χ1v) is 14.5. The van der Waals surface area contributed by atoms with Gasteiger partial charge in [0.05, 0.1) is 22.8 Å². The topological polar surface area (TPSA) is 82.5 Å². The molecule has 4 fully saturated rings. The number of aryl methyl sites for hydroxylation is 1. The molecule has 6 rings (SSSR count). The van der Waals surface area contributed by atoms with Gasteiger partial charge in [-0.2, -0.15) is 5.10 Å². The van der Waals surface area contributed by atoms with Crippen LogP contribution in [0.5, 0.6) is 0 Å². The lowest BCUT2D eigenvalue weighted by Crippen LogP contribution is -2.49. The fourth-order valence-electron chi connectivity index (χ4n) is 7.43. The molecule has 4 aliphatic rings. The molecular formula is C29H41FN6O2. The molecule has 4 saturated heterocycles. The van der Waals surface area contributed by atoms with Gasteiger partial charge in [-0.25, -0.2) is 4.39 Å². The van der Waals surface area contributed by atoms with Crippen molar-refractivity contribution in [2.45, 2.75) is 57.8 Å². The molecule has 3 atom stereocenters. The predicted molar refractivity (Wildman–Crippen MR) is 145 cm³/mol. The van der Waals surface area contributed by atoms with Crippen molar-refractivity contribution >= 4 is 28.4 Å². The zero-order valence-corrected chi connectivity index (χ0v) is 22.8. The number of aromatic nitrogens is 2. The second-order valence-corrected chi connectivity index (χ2v) is 12.4. The number of carbonyl (C=O) groups excluding carboxylic acids is 2. The summed E-state index contributed by atoms with van der Waals surface area (Å²) >= 11 is 0. The maximum absolute atomic E-state index is 15.5. The van der Waals surface area contributed by atoms with Crippen molar-refractivity contribution in [2.75, 3.05) is 50.7 Å². The second-order valence-electron chi connectivity index (χ2n) is 12.4. The zero-order chi connectivity index (χ0) is 26.4. The highest BCUT2D eigenvalue weighted by molar-refractivity contribution is 6.02. The van der Waals surface area contributed by atoms with Gasteiger partial charge in [-0.05, 0) is 94.1 Å². The summed E-state index contributed by atoms with van der Waals surface area (Å²) in [4.78, 5) is 28.9. The van der Waals surface area contributed by atoms with E-state index in [2.05, 4.69) is 32.5 Å². The number of halogens is 1. The van der Waals surface area contributed by atoms with E-state index in [1.165, 1.54) is 57.9 Å². The molecule has 0 saturated carbocycles. The number of fused-ring (bicyclic) bond motifs is 1. The van der Waals surface area contributed by atoms with Crippen LogP contribution in [0.15, 0.2) is 12.1 Å². The molecule has 9 heteroatoms. The third-order valence-electron chi connectivity index (χ3n) is 10.0. The third-order valence-corrected chi connectivity index (χ3v) is 10.0. The number of likely N-dealkylation sites (tertiary alicyclic amines) is 1. The van der Waals surface area contributed by atoms with Crippen LogP contribution in [0.25, 0.3) is 10.9 Å². The zero-order valence-electron chi connectivity index (χ0n) is 22.8. The van der Waals surface area contributed by atoms with Crippen LogP contribution in [0.4, 0.5) is 10.1 Å². The normalized spacial score (nSPS) is 28.7. The Morgan fingerprint density at radius 1 is 1.08 bits per heavy atom. The van der Waals surface area contributed by atoms with Gasteiger partial charge >= 0.3 is 0 Å². The number of piperidine rings is 4. The Hall–Kier alpha value is -2.52. The summed E-state index contributed by atoms with van der Waals surface area (Å²) in [6.07, 6.45) is 7.07. The smallest absolute Gasteiger partial charge is 0.235 e. The number of hydrogen-bond acceptors (Lipinski definition) is 6. The maximum atomic E-state index is 15.5. The van der Waals surface area contributed by atoms with Crippen LogP contribution in [-0.4, -0.2) is 72.3 Å². The maximum Gasteiger partial charge on any atom is 0.235 e. The summed E-state index contributed by atoms with van der Waals surface area (Å²) in [6.45, 7) is 9.94. The number of anilines is 1. The molecule has 5 heterocycles. The number of hydrogen-bond donors (Lipinski definition) is 2. The number of amides is 2. The van der Waals surface area contributed by atoms with Crippen LogP contribution >= 0.6 is 0 Å². The Balaban J connectivity index is 1.12. The average Bonchev–Trinajstić information content (AvgIpc) is 3.21. The standard InChI is InChI=1S/C29H41FN6O2/c1-19-17-36(12-5-20(19)18-35-13-8-29(9-14-35)6-10-31-11-7-29)25-16-24-22(15-23(25)30)27(33-34(24)2)21-3-4-26(37)32-28(21)38/h15-16,19-21,31H,3-14,17-18H2,1-2H3,(H,32,37,38)/t19-,20-,21?/m0/s1. The van der Waals surface area contributed by atoms with Gasteiger partial charge in [0, 0.05) is 38.5 Å². The van der Waals surface area contributed by atoms with E-state index < -0.39 is 5.92 Å². The summed E-state index contributed by atoms with van der Waals surface area (Å²) in [7, 11) is 1.83. The Labute approximate surface area is 224 Å². The van der Waals surface area contributed by atoms with Crippen molar-refractivity contribution in [1.29, 1.82) is 0 Å². The van der Waals surface area contributed by atoms with Crippen molar-refractivity contribution < 1.29 is 14.0 Å². The highest BCUT2D eigenvalue weighted by atomic mass is 19.1. The molecule has 0 bridgehead atoms. The SMILES string of the molecule is C[C@H]1CN(c2cc3c(cc2F)c(C2CCC(=O)NC2=O)nn3C)CC[C@H]1CN1CCC2(CCNCC2)CC1. The molecule has 38 heavy (non-hydrogen) atoms. The van der Waals surface area contributed by atoms with Gasteiger partial charge in [0.2, 0.25) is 11.8 Å². The van der Waals surface area contributed by atoms with Gasteiger partial charge in [-0.3, -0.25) is 19.6 Å². The summed E-state index contributed by atoms with van der Waals surface area (Å²) in [6, 6.07) is 3.43. The van der Waals surface area contributed by atoms with Crippen molar-refractivity contribution in [3.63, 3.8) is 0 Å². The molecule has 1 aromatic heterocycles. The molecule has 1 unspecified atom stereocenters. The first kappa shape index (κ1) is 25.7.